The summed E-state index contributed by atoms with van der Waals surface area (Å²) in [6.07, 6.45) is 9.95. The van der Waals surface area contributed by atoms with Crippen molar-refractivity contribution in [1.29, 1.82) is 0 Å². The molecule has 4 unspecified atom stereocenters. The third-order valence-corrected chi connectivity index (χ3v) is 22.8. The van der Waals surface area contributed by atoms with Crippen LogP contribution in [0.5, 0.6) is 0 Å². The van der Waals surface area contributed by atoms with Crippen LogP contribution in [0.2, 0.25) is 32.2 Å². The topological polar surface area (TPSA) is 21.8 Å². The summed E-state index contributed by atoms with van der Waals surface area (Å²) in [6.45, 7) is 10.0. The molecule has 0 amide bonds. The molecule has 2 saturated heterocycles. The lowest BCUT2D eigenvalue weighted by Crippen LogP contribution is -2.61. The van der Waals surface area contributed by atoms with Gasteiger partial charge in [-0.3, -0.25) is 0 Å². The highest BCUT2D eigenvalue weighted by Crippen LogP contribution is 2.42. The molecule has 0 aromatic carbocycles. The Kier molecular flexibility index (Phi) is 3.74. The first-order valence-electron chi connectivity index (χ1n) is 8.21. The Hall–Kier alpha value is 0.354. The summed E-state index contributed by atoms with van der Waals surface area (Å²) in [5, 5.41) is 0. The van der Waals surface area contributed by atoms with Gasteiger partial charge in [0.15, 0.2) is 7.83 Å². The summed E-state index contributed by atoms with van der Waals surface area (Å²) in [5.74, 6) is 0.921. The van der Waals surface area contributed by atoms with Crippen molar-refractivity contribution in [3.8, 4) is 0 Å². The number of ether oxygens (including phenoxy) is 1. The molecule has 3 aliphatic rings. The summed E-state index contributed by atoms with van der Waals surface area (Å²) in [4.78, 5) is 0. The van der Waals surface area contributed by atoms with Crippen molar-refractivity contribution >= 4 is 15.4 Å². The normalized spacial score (nSPS) is 43.6. The van der Waals surface area contributed by atoms with Crippen molar-refractivity contribution in [3.05, 3.63) is 0 Å². The minimum absolute atomic E-state index is 0.583. The van der Waals surface area contributed by atoms with Gasteiger partial charge in [-0.25, -0.2) is 0 Å². The summed E-state index contributed by atoms with van der Waals surface area (Å²) < 4.78 is 12.2. The smallest absolute Gasteiger partial charge is 0.174 e. The summed E-state index contributed by atoms with van der Waals surface area (Å²) in [7, 11) is -2.40. The lowest BCUT2D eigenvalue weighted by atomic mass is 9.85. The van der Waals surface area contributed by atoms with E-state index < -0.39 is 15.4 Å². The molecule has 3 rings (SSSR count). The van der Waals surface area contributed by atoms with E-state index in [1.54, 1.807) is 0 Å². The van der Waals surface area contributed by atoms with Crippen LogP contribution in [0.25, 0.3) is 0 Å². The van der Waals surface area contributed by atoms with Crippen molar-refractivity contribution in [1.82, 2.24) is 0 Å². The first-order valence-corrected chi connectivity index (χ1v) is 15.3. The fraction of sp³-hybridized carbons (Fsp3) is 1.00. The minimum Gasteiger partial charge on any atom is -0.417 e. The predicted molar refractivity (Wildman–Crippen MR) is 84.5 cm³/mol. The third kappa shape index (κ3) is 3.01. The summed E-state index contributed by atoms with van der Waals surface area (Å²) in [5.41, 5.74) is 0. The maximum atomic E-state index is 6.59. The number of epoxide rings is 1. The summed E-state index contributed by atoms with van der Waals surface area (Å²) in [6, 6.07) is 1.50. The van der Waals surface area contributed by atoms with Crippen molar-refractivity contribution in [2.24, 2.45) is 5.92 Å². The average Bonchev–Trinajstić information content (AvgIpc) is 3.09. The maximum absolute atomic E-state index is 6.59. The highest BCUT2D eigenvalue weighted by atomic mass is 29.3. The van der Waals surface area contributed by atoms with E-state index in [-0.39, 0.29) is 0 Å². The molecule has 110 valence electrons. The number of hydrogen-bond donors (Lipinski definition) is 0. The lowest BCUT2D eigenvalue weighted by Gasteiger charge is -2.46. The van der Waals surface area contributed by atoms with E-state index in [1.807, 2.05) is 0 Å². The molecule has 0 spiro atoms. The van der Waals surface area contributed by atoms with Crippen molar-refractivity contribution in [2.45, 2.75) is 89.1 Å². The Morgan fingerprint density at radius 3 is 2.42 bits per heavy atom. The molecule has 0 aromatic rings. The quantitative estimate of drug-likeness (QED) is 0.577. The molecule has 19 heavy (non-hydrogen) atoms. The average molecular weight is 299 g/mol. The van der Waals surface area contributed by atoms with Crippen LogP contribution in [-0.4, -0.2) is 33.7 Å². The van der Waals surface area contributed by atoms with E-state index in [0.29, 0.717) is 18.3 Å². The number of rotatable bonds is 3. The fourth-order valence-electron chi connectivity index (χ4n) is 3.83. The van der Waals surface area contributed by atoms with Crippen LogP contribution < -0.4 is 0 Å². The molecular weight excluding hydrogens is 268 g/mol. The van der Waals surface area contributed by atoms with Crippen LogP contribution in [0.15, 0.2) is 0 Å². The second-order valence-corrected chi connectivity index (χ2v) is 23.3. The minimum atomic E-state index is -1.36. The maximum Gasteiger partial charge on any atom is 0.174 e. The fourth-order valence-corrected chi connectivity index (χ4v) is 10.6. The molecule has 2 heterocycles. The van der Waals surface area contributed by atoms with E-state index in [2.05, 4.69) is 26.2 Å². The monoisotopic (exact) mass is 298 g/mol. The van der Waals surface area contributed by atoms with Crippen LogP contribution in [0, 0.1) is 5.92 Å². The molecule has 2 nitrogen and oxygen atoms in total. The van der Waals surface area contributed by atoms with Gasteiger partial charge in [0.05, 0.1) is 19.8 Å². The summed E-state index contributed by atoms with van der Waals surface area (Å²) >= 11 is 0. The Morgan fingerprint density at radius 2 is 1.74 bits per heavy atom. The largest absolute Gasteiger partial charge is 0.417 e. The Balaban J connectivity index is 1.46. The van der Waals surface area contributed by atoms with E-state index in [1.165, 1.54) is 44.6 Å². The molecule has 4 heteroatoms. The van der Waals surface area contributed by atoms with Gasteiger partial charge in [-0.15, -0.1) is 0 Å². The molecule has 1 saturated carbocycles. The first-order chi connectivity index (χ1) is 8.87. The molecule has 2 aliphatic heterocycles. The highest BCUT2D eigenvalue weighted by molar-refractivity contribution is 7.38. The zero-order valence-corrected chi connectivity index (χ0v) is 15.1. The number of hydrogen-bond acceptors (Lipinski definition) is 2. The first kappa shape index (κ1) is 14.3. The van der Waals surface area contributed by atoms with Gasteiger partial charge < -0.3 is 9.16 Å². The molecular formula is C15H30O2Si2. The zero-order chi connectivity index (χ0) is 13.7. The van der Waals surface area contributed by atoms with Gasteiger partial charge in [0.25, 0.3) is 0 Å². The van der Waals surface area contributed by atoms with Gasteiger partial charge in [0, 0.05) is 6.10 Å². The predicted octanol–water partition coefficient (Wildman–Crippen LogP) is 4.11. The second kappa shape index (κ2) is 4.97. The van der Waals surface area contributed by atoms with Crippen molar-refractivity contribution in [3.63, 3.8) is 0 Å². The van der Waals surface area contributed by atoms with E-state index in [9.17, 15) is 0 Å². The van der Waals surface area contributed by atoms with Gasteiger partial charge in [-0.05, 0) is 57.5 Å². The Morgan fingerprint density at radius 1 is 0.947 bits per heavy atom. The molecule has 0 radical (unpaired) electrons. The molecule has 4 atom stereocenters. The van der Waals surface area contributed by atoms with Gasteiger partial charge in [-0.2, -0.15) is 0 Å². The second-order valence-electron chi connectivity index (χ2n) is 8.14. The Labute approximate surface area is 120 Å². The SMILES string of the molecule is C[Si]1(C)CCC(CCC2CCC3OC3C2)O[Si]1(C)C. The van der Waals surface area contributed by atoms with Gasteiger partial charge in [0.1, 0.15) is 0 Å². The Bertz CT molecular complexity index is 343. The molecule has 3 fully saturated rings. The molecule has 0 bridgehead atoms. The van der Waals surface area contributed by atoms with E-state index >= 15 is 0 Å². The molecule has 0 N–H and O–H groups in total. The van der Waals surface area contributed by atoms with Crippen molar-refractivity contribution in [2.75, 3.05) is 0 Å². The molecule has 0 aromatic heterocycles. The van der Waals surface area contributed by atoms with Crippen molar-refractivity contribution < 1.29 is 9.16 Å². The standard InChI is InChI=1S/C15H30O2Si2/c1-18(2)10-9-13(17-19(18,3)4)7-5-12-6-8-14-15(11-12)16-14/h12-15H,5-11H2,1-4H3. The van der Waals surface area contributed by atoms with Crippen LogP contribution in [0.1, 0.15) is 38.5 Å². The lowest BCUT2D eigenvalue weighted by molar-refractivity contribution is 0.160. The van der Waals surface area contributed by atoms with Gasteiger partial charge in [-0.1, -0.05) is 19.1 Å². The zero-order valence-electron chi connectivity index (χ0n) is 13.1. The highest BCUT2D eigenvalue weighted by Gasteiger charge is 2.48. The van der Waals surface area contributed by atoms with Gasteiger partial charge in [0.2, 0.25) is 0 Å². The van der Waals surface area contributed by atoms with Crippen LogP contribution >= 0.6 is 0 Å². The van der Waals surface area contributed by atoms with Crippen LogP contribution in [0.4, 0.5) is 0 Å². The van der Waals surface area contributed by atoms with Crippen LogP contribution in [-0.2, 0) is 9.16 Å². The van der Waals surface area contributed by atoms with E-state index in [4.69, 9.17) is 9.16 Å². The van der Waals surface area contributed by atoms with E-state index in [0.717, 1.165) is 5.92 Å². The van der Waals surface area contributed by atoms with Gasteiger partial charge >= 0.3 is 0 Å². The molecule has 1 aliphatic carbocycles. The van der Waals surface area contributed by atoms with Crippen LogP contribution in [0.3, 0.4) is 0 Å². The third-order valence-electron chi connectivity index (χ3n) is 6.19. The number of fused-ring (bicyclic) bond motifs is 1.